The predicted molar refractivity (Wildman–Crippen MR) is 287 cm³/mol. The molecule has 10 rings (SSSR count). The molecule has 0 atom stereocenters. The van der Waals surface area contributed by atoms with Crippen molar-refractivity contribution in [3.05, 3.63) is 197 Å². The van der Waals surface area contributed by atoms with Gasteiger partial charge in [0.2, 0.25) is 0 Å². The molecular weight excluding hydrogens is 1020 g/mol. The Morgan fingerprint density at radius 1 is 0.638 bits per heavy atom. The van der Waals surface area contributed by atoms with E-state index in [1.807, 2.05) is 26.8 Å². The summed E-state index contributed by atoms with van der Waals surface area (Å²) in [4.78, 5) is 9.58. The second-order valence-electron chi connectivity index (χ2n) is 20.5. The van der Waals surface area contributed by atoms with Crippen LogP contribution < -0.4 is 0 Å². The fourth-order valence-corrected chi connectivity index (χ4v) is 9.09. The van der Waals surface area contributed by atoms with Crippen molar-refractivity contribution in [2.24, 2.45) is 0 Å². The van der Waals surface area contributed by atoms with Gasteiger partial charge in [0.05, 0.1) is 22.4 Å². The molecule has 0 aliphatic carbocycles. The number of imidazole rings is 1. The van der Waals surface area contributed by atoms with Gasteiger partial charge in [-0.2, -0.15) is 0 Å². The first-order valence-electron chi connectivity index (χ1n) is 26.6. The van der Waals surface area contributed by atoms with E-state index in [4.69, 9.17) is 17.6 Å². The Morgan fingerprint density at radius 2 is 1.32 bits per heavy atom. The van der Waals surface area contributed by atoms with E-state index in [0.29, 0.717) is 16.8 Å². The Kier molecular flexibility index (Phi) is 11.8. The number of fused-ring (bicyclic) bond motifs is 4. The minimum atomic E-state index is -2.23. The summed E-state index contributed by atoms with van der Waals surface area (Å²) >= 11 is 0. The molecule has 0 N–H and O–H groups in total. The molecule has 4 nitrogen and oxygen atoms in total. The monoisotopic (exact) mass is 1090 g/mol. The minimum absolute atomic E-state index is 0. The van der Waals surface area contributed by atoms with E-state index in [9.17, 15) is 0 Å². The molecule has 0 unspecified atom stereocenters. The summed E-state index contributed by atoms with van der Waals surface area (Å²) in [6.07, 6.45) is 1.38. The molecule has 0 amide bonds. The van der Waals surface area contributed by atoms with Gasteiger partial charge in [0.1, 0.15) is 5.58 Å². The first-order chi connectivity index (χ1) is 34.9. The molecule has 0 aliphatic heterocycles. The average molecular weight is 1090 g/mol. The van der Waals surface area contributed by atoms with Gasteiger partial charge in [0.15, 0.2) is 0 Å². The number of hydrogen-bond acceptors (Lipinski definition) is 3. The fourth-order valence-electron chi connectivity index (χ4n) is 9.09. The Bertz CT molecular complexity index is 3620. The number of para-hydroxylation sites is 2. The summed E-state index contributed by atoms with van der Waals surface area (Å²) < 4.78 is 54.4. The zero-order valence-corrected chi connectivity index (χ0v) is 43.6. The second kappa shape index (κ2) is 19.5. The van der Waals surface area contributed by atoms with Crippen LogP contribution >= 0.6 is 0 Å². The molecule has 10 aromatic rings. The van der Waals surface area contributed by atoms with Crippen molar-refractivity contribution in [3.8, 4) is 50.6 Å². The average Bonchev–Trinajstić information content (AvgIpc) is 3.94. The number of hydrogen-bond donors (Lipinski definition) is 0. The first kappa shape index (κ1) is 41.6. The molecule has 0 saturated carbocycles. The van der Waals surface area contributed by atoms with Crippen molar-refractivity contribution >= 4 is 33.0 Å². The van der Waals surface area contributed by atoms with Crippen molar-refractivity contribution < 1.29 is 32.7 Å². The quantitative estimate of drug-likeness (QED) is 0.149. The molecule has 0 bridgehead atoms. The van der Waals surface area contributed by atoms with Gasteiger partial charge in [0, 0.05) is 45.6 Å². The maximum Gasteiger partial charge on any atom is 0.121 e. The van der Waals surface area contributed by atoms with E-state index in [2.05, 4.69) is 185 Å². The van der Waals surface area contributed by atoms with Crippen LogP contribution in [0.4, 0.5) is 0 Å². The molecule has 1 radical (unpaired) electrons. The maximum absolute atomic E-state index is 7.69. The van der Waals surface area contributed by atoms with Crippen molar-refractivity contribution in [3.63, 3.8) is 0 Å². The number of nitrogens with zero attached hydrogens (tertiary/aromatic N) is 3. The van der Waals surface area contributed by atoms with Crippen LogP contribution in [-0.2, 0) is 30.9 Å². The molecule has 0 saturated heterocycles. The molecule has 3 aromatic heterocycles. The van der Waals surface area contributed by atoms with Gasteiger partial charge in [-0.3, -0.25) is 4.98 Å². The SMILES string of the molecule is CC(C)c1cc(-c2ccccc2)cc(C(C)C)c1-n1c(-c2[c-]ccc3c2oc2cc(-c4ccc(C(C)(C)C)cc4)ccc23)nc2ccccc21.[2H]C([2H])([2H])c1c[c-]c(-c2cc(C(C)(C)C)c(C([2H])([2H])[2H])cn2)cc1.[Ir]. The Morgan fingerprint density at radius 3 is 1.96 bits per heavy atom. The van der Waals surface area contributed by atoms with Crippen molar-refractivity contribution in [2.45, 2.75) is 106 Å². The van der Waals surface area contributed by atoms with E-state index in [-0.39, 0.29) is 53.9 Å². The normalized spacial score (nSPS) is 13.6. The third kappa shape index (κ3) is 9.91. The van der Waals surface area contributed by atoms with Gasteiger partial charge >= 0.3 is 0 Å². The Hall–Kier alpha value is -6.39. The number of rotatable bonds is 7. The Labute approximate surface area is 431 Å². The molecule has 5 heteroatoms. The number of benzene rings is 7. The van der Waals surface area contributed by atoms with Gasteiger partial charge in [0.25, 0.3) is 0 Å². The fraction of sp³-hybridized carbons (Fsp3) is 0.250. The van der Waals surface area contributed by atoms with E-state index < -0.39 is 13.7 Å². The van der Waals surface area contributed by atoms with Crippen molar-refractivity contribution in [2.75, 3.05) is 0 Å². The van der Waals surface area contributed by atoms with Gasteiger partial charge in [-0.25, -0.2) is 0 Å². The van der Waals surface area contributed by atoms with Gasteiger partial charge in [-0.05, 0) is 116 Å². The molecule has 69 heavy (non-hydrogen) atoms. The molecule has 351 valence electrons. The molecule has 0 spiro atoms. The zero-order chi connectivity index (χ0) is 53.1. The van der Waals surface area contributed by atoms with E-state index in [1.54, 1.807) is 12.1 Å². The number of aryl methyl sites for hydroxylation is 2. The maximum atomic E-state index is 7.69. The molecule has 0 fully saturated rings. The number of aromatic nitrogens is 3. The van der Waals surface area contributed by atoms with Gasteiger partial charge < -0.3 is 14.0 Å². The van der Waals surface area contributed by atoms with Crippen LogP contribution in [0.5, 0.6) is 0 Å². The van der Waals surface area contributed by atoms with Crippen molar-refractivity contribution in [1.82, 2.24) is 14.5 Å². The standard InChI is InChI=1S/C47H43N2O.C17H20N.Ir/c1-29(2)39-26-34(31-14-9-8-10-15-31)27-40(30(3)4)44(39)49-42-19-12-11-18-41(42)48-46(49)38-17-13-16-37-36-25-22-33(28-43(36)50-45(37)38)32-20-23-35(24-21-32)47(5,6)7;1-12-6-8-14(9-7-12)16-10-15(17(3,4)5)13(2)11-18-16;/h8-16,18-30H,1-7H3;6-8,10-11H,1-5H3;/q2*-1;/i;1D3,2D3;. The second-order valence-corrected chi connectivity index (χ2v) is 20.5. The van der Waals surface area contributed by atoms with Gasteiger partial charge in [-0.15, -0.1) is 53.6 Å². The van der Waals surface area contributed by atoms with Crippen LogP contribution in [0.2, 0.25) is 0 Å². The predicted octanol–water partition coefficient (Wildman–Crippen LogP) is 17.7. The molecule has 0 aliphatic rings. The summed E-state index contributed by atoms with van der Waals surface area (Å²) in [7, 11) is 0. The van der Waals surface area contributed by atoms with Crippen LogP contribution in [0, 0.1) is 25.8 Å². The molecular formula is C64H63IrN3O-2. The number of furan rings is 1. The summed E-state index contributed by atoms with van der Waals surface area (Å²) in [5.74, 6) is 1.40. The number of pyridine rings is 1. The Balaban J connectivity index is 0.000000252. The third-order valence-electron chi connectivity index (χ3n) is 12.8. The summed E-state index contributed by atoms with van der Waals surface area (Å²) in [5, 5.41) is 2.15. The molecule has 7 aromatic carbocycles. The topological polar surface area (TPSA) is 43.9 Å². The van der Waals surface area contributed by atoms with Crippen LogP contribution in [0.3, 0.4) is 0 Å². The van der Waals surface area contributed by atoms with Crippen LogP contribution in [-0.4, -0.2) is 14.5 Å². The molecule has 3 heterocycles. The summed E-state index contributed by atoms with van der Waals surface area (Å²) in [5.41, 5.74) is 16.5. The van der Waals surface area contributed by atoms with Crippen LogP contribution in [0.25, 0.3) is 83.6 Å². The van der Waals surface area contributed by atoms with E-state index in [0.717, 1.165) is 49.9 Å². The summed E-state index contributed by atoms with van der Waals surface area (Å²) in [6.45, 7) is 17.3. The van der Waals surface area contributed by atoms with Crippen molar-refractivity contribution in [1.29, 1.82) is 0 Å². The van der Waals surface area contributed by atoms with Gasteiger partial charge in [-0.1, -0.05) is 172 Å². The van der Waals surface area contributed by atoms with E-state index >= 15 is 0 Å². The third-order valence-corrected chi connectivity index (χ3v) is 12.8. The zero-order valence-electron chi connectivity index (χ0n) is 47.2. The van der Waals surface area contributed by atoms with E-state index in [1.165, 1.54) is 57.4 Å². The van der Waals surface area contributed by atoms with Crippen LogP contribution in [0.15, 0.2) is 156 Å². The van der Waals surface area contributed by atoms with Crippen LogP contribution in [0.1, 0.15) is 123 Å². The summed E-state index contributed by atoms with van der Waals surface area (Å²) in [6, 6.07) is 56.4. The smallest absolute Gasteiger partial charge is 0.121 e. The first-order valence-corrected chi connectivity index (χ1v) is 23.6. The minimum Gasteiger partial charge on any atom is -0.501 e. The largest absolute Gasteiger partial charge is 0.501 e.